The van der Waals surface area contributed by atoms with Gasteiger partial charge < -0.3 is 10.0 Å². The van der Waals surface area contributed by atoms with Gasteiger partial charge >= 0.3 is 0 Å². The summed E-state index contributed by atoms with van der Waals surface area (Å²) in [6.07, 6.45) is 0. The molecular formula is C14H16ClN3O2. The van der Waals surface area contributed by atoms with Crippen molar-refractivity contribution in [3.05, 3.63) is 39.6 Å². The van der Waals surface area contributed by atoms with Gasteiger partial charge in [-0.2, -0.15) is 4.98 Å². The van der Waals surface area contributed by atoms with E-state index in [1.54, 1.807) is 24.3 Å². The van der Waals surface area contributed by atoms with Crippen molar-refractivity contribution in [1.29, 1.82) is 0 Å². The number of H-pyrrole nitrogens is 1. The zero-order valence-corrected chi connectivity index (χ0v) is 12.1. The number of benzene rings is 1. The molecule has 1 aromatic carbocycles. The van der Waals surface area contributed by atoms with Gasteiger partial charge in [0.1, 0.15) is 5.56 Å². The molecule has 6 heteroatoms. The van der Waals surface area contributed by atoms with Crippen molar-refractivity contribution in [2.45, 2.75) is 13.8 Å². The quantitative estimate of drug-likeness (QED) is 0.909. The highest BCUT2D eigenvalue weighted by Gasteiger charge is 2.15. The van der Waals surface area contributed by atoms with Crippen molar-refractivity contribution in [3.8, 4) is 17.0 Å². The van der Waals surface area contributed by atoms with Crippen molar-refractivity contribution in [3.63, 3.8) is 0 Å². The van der Waals surface area contributed by atoms with Crippen molar-refractivity contribution in [1.82, 2.24) is 9.97 Å². The second-order valence-electron chi connectivity index (χ2n) is 4.27. The standard InChI is InChI=1S/C14H16ClN3O2/c1-3-18(4-2)14-16-12(19)11(13(20)17-14)9-5-7-10(15)8-6-9/h5-8H,3-4H2,1-2H3,(H2,16,17,19,20). The van der Waals surface area contributed by atoms with E-state index in [1.165, 1.54) is 0 Å². The Hall–Kier alpha value is -2.01. The minimum atomic E-state index is -0.373. The summed E-state index contributed by atoms with van der Waals surface area (Å²) in [5.74, 6) is 0.0909. The molecule has 1 heterocycles. The van der Waals surface area contributed by atoms with Crippen LogP contribution in [-0.2, 0) is 0 Å². The molecule has 1 aromatic heterocycles. The minimum absolute atomic E-state index is 0.151. The monoisotopic (exact) mass is 293 g/mol. The molecule has 2 N–H and O–H groups in total. The first-order chi connectivity index (χ1) is 9.56. The molecule has 0 fully saturated rings. The first kappa shape index (κ1) is 14.4. The number of hydrogen-bond donors (Lipinski definition) is 2. The molecule has 0 atom stereocenters. The van der Waals surface area contributed by atoms with Gasteiger partial charge in [0.05, 0.1) is 0 Å². The van der Waals surface area contributed by atoms with Gasteiger partial charge in [-0.3, -0.25) is 9.78 Å². The van der Waals surface area contributed by atoms with Crippen LogP contribution >= 0.6 is 11.6 Å². The third-order valence-corrected chi connectivity index (χ3v) is 3.34. The Labute approximate surface area is 121 Å². The minimum Gasteiger partial charge on any atom is -0.493 e. The number of nitrogens with one attached hydrogen (secondary N) is 1. The van der Waals surface area contributed by atoms with Gasteiger partial charge in [-0.1, -0.05) is 23.7 Å². The molecule has 0 spiro atoms. The van der Waals surface area contributed by atoms with E-state index >= 15 is 0 Å². The summed E-state index contributed by atoms with van der Waals surface area (Å²) in [7, 11) is 0. The fraction of sp³-hybridized carbons (Fsp3) is 0.286. The molecule has 0 unspecified atom stereocenters. The largest absolute Gasteiger partial charge is 0.493 e. The highest BCUT2D eigenvalue weighted by Crippen LogP contribution is 2.25. The Morgan fingerprint density at radius 3 is 2.35 bits per heavy atom. The van der Waals surface area contributed by atoms with Crippen LogP contribution in [-0.4, -0.2) is 28.2 Å². The van der Waals surface area contributed by atoms with Crippen LogP contribution in [0.15, 0.2) is 29.1 Å². The van der Waals surface area contributed by atoms with Crippen LogP contribution in [0.4, 0.5) is 5.95 Å². The molecule has 0 saturated carbocycles. The molecule has 0 aliphatic rings. The summed E-state index contributed by atoms with van der Waals surface area (Å²) in [5, 5.41) is 10.6. The highest BCUT2D eigenvalue weighted by atomic mass is 35.5. The Morgan fingerprint density at radius 1 is 1.25 bits per heavy atom. The summed E-state index contributed by atoms with van der Waals surface area (Å²) < 4.78 is 0. The van der Waals surface area contributed by atoms with E-state index in [0.29, 0.717) is 29.6 Å². The number of anilines is 1. The summed E-state index contributed by atoms with van der Waals surface area (Å²) in [5.41, 5.74) is 0.353. The number of hydrogen-bond acceptors (Lipinski definition) is 4. The smallest absolute Gasteiger partial charge is 0.264 e. The lowest BCUT2D eigenvalue weighted by Crippen LogP contribution is -2.27. The van der Waals surface area contributed by atoms with E-state index in [9.17, 15) is 9.90 Å². The molecule has 0 aliphatic carbocycles. The maximum absolute atomic E-state index is 12.2. The van der Waals surface area contributed by atoms with Gasteiger partial charge in [-0.25, -0.2) is 0 Å². The fourth-order valence-electron chi connectivity index (χ4n) is 2.00. The average molecular weight is 294 g/mol. The van der Waals surface area contributed by atoms with Crippen molar-refractivity contribution >= 4 is 17.5 Å². The number of aromatic hydroxyl groups is 1. The SMILES string of the molecule is CCN(CC)c1nc(O)c(-c2ccc(Cl)cc2)c(=O)[nH]1. The molecule has 5 nitrogen and oxygen atoms in total. The van der Waals surface area contributed by atoms with Crippen LogP contribution < -0.4 is 10.5 Å². The van der Waals surface area contributed by atoms with Crippen LogP contribution in [0, 0.1) is 0 Å². The van der Waals surface area contributed by atoms with E-state index in [0.717, 1.165) is 0 Å². The maximum Gasteiger partial charge on any atom is 0.264 e. The molecule has 2 aromatic rings. The van der Waals surface area contributed by atoms with Crippen LogP contribution in [0.25, 0.3) is 11.1 Å². The molecule has 0 amide bonds. The van der Waals surface area contributed by atoms with E-state index in [1.807, 2.05) is 18.7 Å². The Morgan fingerprint density at radius 2 is 1.85 bits per heavy atom. The topological polar surface area (TPSA) is 69.2 Å². The van der Waals surface area contributed by atoms with E-state index in [2.05, 4.69) is 9.97 Å². The van der Waals surface area contributed by atoms with E-state index < -0.39 is 0 Å². The first-order valence-corrected chi connectivity index (χ1v) is 6.78. The second-order valence-corrected chi connectivity index (χ2v) is 4.70. The van der Waals surface area contributed by atoms with E-state index in [4.69, 9.17) is 11.6 Å². The van der Waals surface area contributed by atoms with Crippen LogP contribution in [0.3, 0.4) is 0 Å². The third kappa shape index (κ3) is 2.77. The lowest BCUT2D eigenvalue weighted by molar-refractivity contribution is 0.453. The van der Waals surface area contributed by atoms with Gasteiger partial charge in [0.2, 0.25) is 11.8 Å². The van der Waals surface area contributed by atoms with Gasteiger partial charge in [-0.05, 0) is 31.5 Å². The lowest BCUT2D eigenvalue weighted by atomic mass is 10.1. The summed E-state index contributed by atoms with van der Waals surface area (Å²) in [6, 6.07) is 6.67. The zero-order valence-electron chi connectivity index (χ0n) is 11.4. The molecule has 0 bridgehead atoms. The predicted octanol–water partition coefficient (Wildman–Crippen LogP) is 2.64. The highest BCUT2D eigenvalue weighted by molar-refractivity contribution is 6.30. The summed E-state index contributed by atoms with van der Waals surface area (Å²) in [6.45, 7) is 5.29. The molecule has 106 valence electrons. The Kier molecular flexibility index (Phi) is 4.29. The van der Waals surface area contributed by atoms with Gasteiger partial charge in [-0.15, -0.1) is 0 Å². The third-order valence-electron chi connectivity index (χ3n) is 3.08. The van der Waals surface area contributed by atoms with Gasteiger partial charge in [0, 0.05) is 18.1 Å². The lowest BCUT2D eigenvalue weighted by Gasteiger charge is -2.19. The molecule has 0 radical (unpaired) electrons. The second kappa shape index (κ2) is 5.96. The average Bonchev–Trinajstić information content (AvgIpc) is 2.41. The predicted molar refractivity (Wildman–Crippen MR) is 80.5 cm³/mol. The molecule has 0 aliphatic heterocycles. The number of rotatable bonds is 4. The van der Waals surface area contributed by atoms with Crippen LogP contribution in [0.1, 0.15) is 13.8 Å². The van der Waals surface area contributed by atoms with E-state index in [-0.39, 0.29) is 17.0 Å². The Balaban J connectivity index is 2.51. The molecule has 20 heavy (non-hydrogen) atoms. The Bertz CT molecular complexity index is 648. The normalized spacial score (nSPS) is 10.6. The number of aromatic amines is 1. The number of aromatic nitrogens is 2. The molecule has 0 saturated heterocycles. The first-order valence-electron chi connectivity index (χ1n) is 6.41. The van der Waals surface area contributed by atoms with Crippen molar-refractivity contribution in [2.75, 3.05) is 18.0 Å². The maximum atomic E-state index is 12.2. The summed E-state index contributed by atoms with van der Waals surface area (Å²) >= 11 is 5.81. The zero-order chi connectivity index (χ0) is 14.7. The molecular weight excluding hydrogens is 278 g/mol. The van der Waals surface area contributed by atoms with Crippen LogP contribution in [0.5, 0.6) is 5.88 Å². The summed E-state index contributed by atoms with van der Waals surface area (Å²) in [4.78, 5) is 20.8. The fourth-order valence-corrected chi connectivity index (χ4v) is 2.13. The number of halogens is 1. The van der Waals surface area contributed by atoms with Crippen molar-refractivity contribution in [2.24, 2.45) is 0 Å². The molecule has 2 rings (SSSR count). The van der Waals surface area contributed by atoms with Crippen molar-refractivity contribution < 1.29 is 5.11 Å². The number of nitrogens with zero attached hydrogens (tertiary/aromatic N) is 2. The van der Waals surface area contributed by atoms with Crippen LogP contribution in [0.2, 0.25) is 5.02 Å². The van der Waals surface area contributed by atoms with Gasteiger partial charge in [0.25, 0.3) is 5.56 Å². The van der Waals surface area contributed by atoms with Gasteiger partial charge in [0.15, 0.2) is 0 Å².